The molecule has 10 heavy (non-hydrogen) atoms. The molecule has 1 N–H and O–H groups in total. The number of rotatable bonds is 0. The lowest BCUT2D eigenvalue weighted by atomic mass is 10.2. The van der Waals surface area contributed by atoms with Gasteiger partial charge in [0.15, 0.2) is 0 Å². The second-order valence-corrected chi connectivity index (χ2v) is 2.16. The van der Waals surface area contributed by atoms with Crippen molar-refractivity contribution in [3.63, 3.8) is 0 Å². The number of thiol groups is 1. The Hall–Kier alpha value is -0.470. The number of aryl methyl sites for hydroxylation is 2. The van der Waals surface area contributed by atoms with Crippen molar-refractivity contribution >= 4 is 12.9 Å². The van der Waals surface area contributed by atoms with Crippen LogP contribution in [0.1, 0.15) is 11.1 Å². The van der Waals surface area contributed by atoms with E-state index >= 15 is 0 Å². The largest absolute Gasteiger partial charge is 0.333 e. The summed E-state index contributed by atoms with van der Waals surface area (Å²) in [6.45, 7) is 4.21. The van der Waals surface area contributed by atoms with Crippen molar-refractivity contribution in [2.75, 3.05) is 0 Å². The van der Waals surface area contributed by atoms with E-state index in [4.69, 9.17) is 4.55 Å². The van der Waals surface area contributed by atoms with E-state index in [0.717, 1.165) is 0 Å². The molecule has 1 aromatic carbocycles. The summed E-state index contributed by atoms with van der Waals surface area (Å²) in [5.74, 6) is 0. The van der Waals surface area contributed by atoms with E-state index in [1.165, 1.54) is 11.1 Å². The maximum atomic E-state index is 6.69. The molecule has 0 bridgehead atoms. The Labute approximate surface area is 67.3 Å². The zero-order valence-electron chi connectivity index (χ0n) is 6.20. The van der Waals surface area contributed by atoms with E-state index in [1.807, 2.05) is 0 Å². The van der Waals surface area contributed by atoms with Gasteiger partial charge in [0, 0.05) is 0 Å². The molecule has 2 heteroatoms. The van der Waals surface area contributed by atoms with Gasteiger partial charge in [-0.1, -0.05) is 35.4 Å². The molecule has 0 spiro atoms. The van der Waals surface area contributed by atoms with Crippen molar-refractivity contribution in [1.82, 2.24) is 0 Å². The molecule has 0 atom stereocenters. The Kier molecular flexibility index (Phi) is 5.08. The second kappa shape index (κ2) is 5.33. The molecule has 0 saturated heterocycles. The number of benzene rings is 1. The smallest absolute Gasteiger partial charge is 0.0295 e. The zero-order valence-corrected chi connectivity index (χ0v) is 7.10. The molecule has 1 rings (SSSR count). The van der Waals surface area contributed by atoms with Gasteiger partial charge < -0.3 is 4.55 Å². The second-order valence-electron chi connectivity index (χ2n) is 2.16. The molecule has 0 aromatic heterocycles. The summed E-state index contributed by atoms with van der Waals surface area (Å²) >= 11 is 2.53. The maximum absolute atomic E-state index is 6.69. The summed E-state index contributed by atoms with van der Waals surface area (Å²) in [6.07, 6.45) is 0. The molecule has 0 aliphatic carbocycles. The lowest BCUT2D eigenvalue weighted by Crippen LogP contribution is -1.71. The molecule has 0 fully saturated rings. The average Bonchev–Trinajstić information content (AvgIpc) is 1.91. The van der Waals surface area contributed by atoms with Crippen LogP contribution in [0, 0.1) is 13.8 Å². The minimum Gasteiger partial charge on any atom is -0.333 e. The first-order valence-electron chi connectivity index (χ1n) is 3.02. The quantitative estimate of drug-likeness (QED) is 0.437. The molecule has 0 radical (unpaired) electrons. The summed E-state index contributed by atoms with van der Waals surface area (Å²) in [5, 5.41) is 0. The molecular weight excluding hydrogens is 144 g/mol. The molecule has 1 nitrogen and oxygen atoms in total. The van der Waals surface area contributed by atoms with Crippen LogP contribution in [-0.2, 0) is 0 Å². The molecule has 0 aliphatic rings. The molecule has 0 unspecified atom stereocenters. The summed E-state index contributed by atoms with van der Waals surface area (Å²) in [7, 11) is 0. The third kappa shape index (κ3) is 3.54. The normalized spacial score (nSPS) is 8.00. The van der Waals surface area contributed by atoms with Crippen molar-refractivity contribution < 1.29 is 4.55 Å². The van der Waals surface area contributed by atoms with Crippen LogP contribution in [0.4, 0.5) is 0 Å². The van der Waals surface area contributed by atoms with Crippen molar-refractivity contribution in [3.05, 3.63) is 35.4 Å². The van der Waals surface area contributed by atoms with Crippen LogP contribution >= 0.6 is 12.9 Å². The number of hydrogen-bond acceptors (Lipinski definition) is 2. The van der Waals surface area contributed by atoms with Gasteiger partial charge >= 0.3 is 0 Å². The predicted octanol–water partition coefficient (Wildman–Crippen LogP) is 2.69. The topological polar surface area (TPSA) is 20.2 Å². The Bertz CT molecular complexity index is 169. The van der Waals surface area contributed by atoms with Crippen LogP contribution in [0.3, 0.4) is 0 Å². The molecule has 0 saturated carbocycles. The van der Waals surface area contributed by atoms with Gasteiger partial charge in [0.1, 0.15) is 0 Å². The summed E-state index contributed by atoms with van der Waals surface area (Å²) in [6, 6.07) is 8.45. The van der Waals surface area contributed by atoms with E-state index in [0.29, 0.717) is 0 Å². The van der Waals surface area contributed by atoms with Gasteiger partial charge in [0.05, 0.1) is 0 Å². The van der Waals surface area contributed by atoms with Gasteiger partial charge in [-0.25, -0.2) is 0 Å². The number of hydrogen-bond donors (Lipinski definition) is 2. The molecular formula is C8H12OS. The highest BCUT2D eigenvalue weighted by Crippen LogP contribution is 2.00. The monoisotopic (exact) mass is 156 g/mol. The van der Waals surface area contributed by atoms with E-state index in [2.05, 4.69) is 51.0 Å². The Morgan fingerprint density at radius 2 is 1.50 bits per heavy atom. The van der Waals surface area contributed by atoms with E-state index < -0.39 is 0 Å². The fraction of sp³-hybridized carbons (Fsp3) is 0.250. The Morgan fingerprint density at radius 3 is 1.70 bits per heavy atom. The van der Waals surface area contributed by atoms with E-state index in [1.54, 1.807) is 0 Å². The van der Waals surface area contributed by atoms with E-state index in [9.17, 15) is 0 Å². The van der Waals surface area contributed by atoms with E-state index in [-0.39, 0.29) is 0 Å². The van der Waals surface area contributed by atoms with Crippen molar-refractivity contribution in [1.29, 1.82) is 0 Å². The van der Waals surface area contributed by atoms with Crippen LogP contribution in [0.5, 0.6) is 0 Å². The fourth-order valence-corrected chi connectivity index (χ4v) is 0.807. The van der Waals surface area contributed by atoms with Crippen LogP contribution in [0.2, 0.25) is 0 Å². The highest BCUT2D eigenvalue weighted by Gasteiger charge is 1.80. The van der Waals surface area contributed by atoms with Gasteiger partial charge in [-0.15, -0.1) is 0 Å². The Balaban J connectivity index is 0.000000371. The molecule has 0 amide bonds. The lowest BCUT2D eigenvalue weighted by Gasteiger charge is -1.90. The Morgan fingerprint density at radius 1 is 1.10 bits per heavy atom. The van der Waals surface area contributed by atoms with Crippen molar-refractivity contribution in [2.24, 2.45) is 0 Å². The SMILES string of the molecule is Cc1cccc(C)c1.OS. The minimum atomic E-state index is 1.34. The third-order valence-corrected chi connectivity index (χ3v) is 1.17. The van der Waals surface area contributed by atoms with Gasteiger partial charge in [-0.2, -0.15) is 0 Å². The summed E-state index contributed by atoms with van der Waals surface area (Å²) < 4.78 is 6.69. The van der Waals surface area contributed by atoms with Gasteiger partial charge in [0.2, 0.25) is 0 Å². The third-order valence-electron chi connectivity index (χ3n) is 1.17. The average molecular weight is 156 g/mol. The first kappa shape index (κ1) is 9.53. The van der Waals surface area contributed by atoms with Crippen LogP contribution in [0.15, 0.2) is 24.3 Å². The van der Waals surface area contributed by atoms with Gasteiger partial charge in [-0.3, -0.25) is 0 Å². The summed E-state index contributed by atoms with van der Waals surface area (Å²) in [5.41, 5.74) is 2.68. The fourth-order valence-electron chi connectivity index (χ4n) is 0.807. The zero-order chi connectivity index (χ0) is 7.98. The first-order valence-corrected chi connectivity index (χ1v) is 3.42. The molecule has 56 valence electrons. The van der Waals surface area contributed by atoms with Gasteiger partial charge in [-0.05, 0) is 26.8 Å². The maximum Gasteiger partial charge on any atom is -0.0295 e. The first-order chi connectivity index (χ1) is 4.79. The van der Waals surface area contributed by atoms with Crippen molar-refractivity contribution in [2.45, 2.75) is 13.8 Å². The van der Waals surface area contributed by atoms with Crippen LogP contribution in [0.25, 0.3) is 0 Å². The van der Waals surface area contributed by atoms with Crippen LogP contribution < -0.4 is 0 Å². The molecule has 0 aliphatic heterocycles. The lowest BCUT2D eigenvalue weighted by molar-refractivity contribution is 0.679. The standard InChI is InChI=1S/C8H10.H2OS/c1-7-4-3-5-8(2)6-7;1-2/h3-6H,1-2H3;1-2H. The van der Waals surface area contributed by atoms with Crippen LogP contribution in [-0.4, -0.2) is 4.55 Å². The highest BCUT2D eigenvalue weighted by atomic mass is 32.1. The summed E-state index contributed by atoms with van der Waals surface area (Å²) in [4.78, 5) is 0. The van der Waals surface area contributed by atoms with Gasteiger partial charge in [0.25, 0.3) is 0 Å². The molecule has 1 aromatic rings. The molecule has 0 heterocycles. The predicted molar refractivity (Wildman–Crippen MR) is 47.5 cm³/mol. The van der Waals surface area contributed by atoms with Crippen molar-refractivity contribution in [3.8, 4) is 0 Å². The minimum absolute atomic E-state index is 1.34. The highest BCUT2D eigenvalue weighted by molar-refractivity contribution is 7.74.